The third-order valence-electron chi connectivity index (χ3n) is 16.9. The number of allylic oxidation sites excluding steroid dienone is 30. The van der Waals surface area contributed by atoms with Crippen LogP contribution in [0.5, 0.6) is 0 Å². The van der Waals surface area contributed by atoms with Crippen LogP contribution in [0.15, 0.2) is 182 Å². The van der Waals surface area contributed by atoms with Crippen molar-refractivity contribution in [2.45, 2.75) is 329 Å². The molecule has 19 heteroatoms. The van der Waals surface area contributed by atoms with E-state index in [2.05, 4.69) is 210 Å². The third-order valence-corrected chi connectivity index (χ3v) is 18.8. The van der Waals surface area contributed by atoms with Crippen molar-refractivity contribution in [1.29, 1.82) is 0 Å². The Kier molecular flexibility index (Phi) is 76.9. The minimum absolute atomic E-state index is 0.0340. The van der Waals surface area contributed by atoms with Gasteiger partial charge in [-0.1, -0.05) is 293 Å². The van der Waals surface area contributed by atoms with E-state index in [-0.39, 0.29) is 25.7 Å². The van der Waals surface area contributed by atoms with Crippen molar-refractivity contribution in [2.24, 2.45) is 0 Å². The predicted octanol–water partition coefficient (Wildman–Crippen LogP) is 25.1. The lowest BCUT2D eigenvalue weighted by Gasteiger charge is -2.21. The topological polar surface area (TPSA) is 237 Å². The summed E-state index contributed by atoms with van der Waals surface area (Å²) in [6, 6.07) is 0. The molecule has 0 fully saturated rings. The maximum atomic E-state index is 13.1. The first-order valence-corrected chi connectivity index (χ1v) is 45.0. The Hall–Kier alpha value is -5.84. The number of hydrogen-bond donors (Lipinski definition) is 3. The molecule has 3 N–H and O–H groups in total. The van der Waals surface area contributed by atoms with E-state index >= 15 is 0 Å². The molecule has 0 spiro atoms. The summed E-state index contributed by atoms with van der Waals surface area (Å²) in [5, 5.41) is 10.7. The van der Waals surface area contributed by atoms with Crippen molar-refractivity contribution < 1.29 is 80.2 Å². The normalized spacial score (nSPS) is 14.7. The predicted molar refractivity (Wildman–Crippen MR) is 454 cm³/mol. The fourth-order valence-corrected chi connectivity index (χ4v) is 12.2. The molecule has 0 saturated heterocycles. The van der Waals surface area contributed by atoms with Gasteiger partial charge in [-0.05, 0) is 173 Å². The van der Waals surface area contributed by atoms with E-state index < -0.39 is 97.5 Å². The zero-order valence-corrected chi connectivity index (χ0v) is 70.1. The molecule has 624 valence electrons. The molecule has 110 heavy (non-hydrogen) atoms. The largest absolute Gasteiger partial charge is 0.472 e. The zero-order valence-electron chi connectivity index (χ0n) is 68.4. The first kappa shape index (κ1) is 104. The summed E-state index contributed by atoms with van der Waals surface area (Å²) in [5.41, 5.74) is 0. The van der Waals surface area contributed by atoms with Crippen molar-refractivity contribution in [3.63, 3.8) is 0 Å². The maximum absolute atomic E-state index is 13.1. The van der Waals surface area contributed by atoms with Gasteiger partial charge >= 0.3 is 39.5 Å². The van der Waals surface area contributed by atoms with Gasteiger partial charge in [-0.25, -0.2) is 9.13 Å². The van der Waals surface area contributed by atoms with Gasteiger partial charge in [0.1, 0.15) is 19.3 Å². The highest BCUT2D eigenvalue weighted by molar-refractivity contribution is 7.47. The monoisotopic (exact) mass is 1580 g/mol. The van der Waals surface area contributed by atoms with Crippen LogP contribution >= 0.6 is 15.6 Å². The van der Waals surface area contributed by atoms with Crippen molar-refractivity contribution >= 4 is 39.5 Å². The summed E-state index contributed by atoms with van der Waals surface area (Å²) in [4.78, 5) is 73.3. The Morgan fingerprint density at radius 1 is 0.255 bits per heavy atom. The van der Waals surface area contributed by atoms with Crippen LogP contribution < -0.4 is 0 Å². The fraction of sp³-hybridized carbons (Fsp3) is 0.626. The molecule has 0 radical (unpaired) electrons. The van der Waals surface area contributed by atoms with Crippen LogP contribution in [0.25, 0.3) is 0 Å². The molecule has 0 bridgehead atoms. The Morgan fingerprint density at radius 3 is 0.700 bits per heavy atom. The van der Waals surface area contributed by atoms with Crippen LogP contribution in [0.1, 0.15) is 310 Å². The number of unbranched alkanes of at least 4 members (excludes halogenated alkanes) is 21. The van der Waals surface area contributed by atoms with E-state index in [0.29, 0.717) is 32.1 Å². The summed E-state index contributed by atoms with van der Waals surface area (Å²) >= 11 is 0. The first-order valence-electron chi connectivity index (χ1n) is 42.0. The second-order valence-electron chi connectivity index (χ2n) is 27.2. The average molecular weight is 1580 g/mol. The Bertz CT molecular complexity index is 2800. The molecule has 0 aliphatic rings. The number of aliphatic hydroxyl groups excluding tert-OH is 1. The van der Waals surface area contributed by atoms with Crippen LogP contribution in [0.2, 0.25) is 0 Å². The molecule has 0 amide bonds. The van der Waals surface area contributed by atoms with Crippen molar-refractivity contribution in [3.8, 4) is 0 Å². The number of aliphatic hydroxyl groups is 1. The SMILES string of the molecule is CC/C=C\C/C=C\C/C=C\C/C=C\CCCCCCCCC(=O)OCC(COP(=O)(O)OCC(O)COP(=O)(O)OCC(COC(=O)CCCCCCCCC/C=C\C/C=C\C/C=C\CC)OC(=O)CCCC/C=C\C/C=C\C/C=C\C/C=C\CC)OC(=O)CCCCCCCC/C=C\C/C=C\C/C=C\C/C=C\CC. The molecule has 0 aromatic carbocycles. The van der Waals surface area contributed by atoms with Gasteiger partial charge in [-0.2, -0.15) is 0 Å². The molecular weight excluding hydrogens is 1430 g/mol. The molecular formula is C91H148O17P2. The van der Waals surface area contributed by atoms with Crippen molar-refractivity contribution in [3.05, 3.63) is 182 Å². The van der Waals surface area contributed by atoms with Gasteiger partial charge in [0.15, 0.2) is 12.2 Å². The van der Waals surface area contributed by atoms with Crippen molar-refractivity contribution in [1.82, 2.24) is 0 Å². The number of rotatable bonds is 77. The van der Waals surface area contributed by atoms with Crippen molar-refractivity contribution in [2.75, 3.05) is 39.6 Å². The van der Waals surface area contributed by atoms with Gasteiger partial charge in [-0.15, -0.1) is 0 Å². The molecule has 0 aromatic rings. The highest BCUT2D eigenvalue weighted by Gasteiger charge is 2.30. The number of ether oxygens (including phenoxy) is 4. The lowest BCUT2D eigenvalue weighted by atomic mass is 10.1. The zero-order chi connectivity index (χ0) is 80.3. The number of esters is 4. The number of phosphoric acid groups is 2. The summed E-state index contributed by atoms with van der Waals surface area (Å²) in [7, 11) is -10.0. The van der Waals surface area contributed by atoms with E-state index in [1.54, 1.807) is 0 Å². The Labute approximate surface area is 666 Å². The minimum Gasteiger partial charge on any atom is -0.462 e. The molecule has 0 rings (SSSR count). The van der Waals surface area contributed by atoms with Gasteiger partial charge < -0.3 is 33.8 Å². The molecule has 0 aliphatic heterocycles. The van der Waals surface area contributed by atoms with Gasteiger partial charge in [-0.3, -0.25) is 37.3 Å². The summed E-state index contributed by atoms with van der Waals surface area (Å²) in [6.07, 6.45) is 98.5. The minimum atomic E-state index is -5.00. The highest BCUT2D eigenvalue weighted by atomic mass is 31.2. The van der Waals surface area contributed by atoms with Crippen LogP contribution in [0.4, 0.5) is 0 Å². The summed E-state index contributed by atoms with van der Waals surface area (Å²) in [5.74, 6) is -2.27. The number of carbonyl (C=O) groups is 4. The molecule has 17 nitrogen and oxygen atoms in total. The van der Waals surface area contributed by atoms with Crippen LogP contribution in [-0.4, -0.2) is 96.7 Å². The molecule has 0 heterocycles. The van der Waals surface area contributed by atoms with E-state index in [4.69, 9.17) is 37.0 Å². The smallest absolute Gasteiger partial charge is 0.462 e. The van der Waals surface area contributed by atoms with Crippen LogP contribution in [0, 0.1) is 0 Å². The quantitative estimate of drug-likeness (QED) is 0.0169. The second kappa shape index (κ2) is 81.2. The van der Waals surface area contributed by atoms with E-state index in [9.17, 15) is 43.2 Å². The maximum Gasteiger partial charge on any atom is 0.472 e. The lowest BCUT2D eigenvalue weighted by molar-refractivity contribution is -0.161. The van der Waals surface area contributed by atoms with Gasteiger partial charge in [0.2, 0.25) is 0 Å². The van der Waals surface area contributed by atoms with E-state index in [1.807, 2.05) is 0 Å². The Morgan fingerprint density at radius 2 is 0.445 bits per heavy atom. The van der Waals surface area contributed by atoms with Crippen LogP contribution in [0.3, 0.4) is 0 Å². The van der Waals surface area contributed by atoms with Gasteiger partial charge in [0.05, 0.1) is 26.4 Å². The molecule has 0 aromatic heterocycles. The fourth-order valence-electron chi connectivity index (χ4n) is 10.6. The third kappa shape index (κ3) is 80.2. The molecule has 5 unspecified atom stereocenters. The number of phosphoric ester groups is 2. The second-order valence-corrected chi connectivity index (χ2v) is 30.1. The number of hydrogen-bond acceptors (Lipinski definition) is 15. The average Bonchev–Trinajstić information content (AvgIpc) is 0.900. The first-order chi connectivity index (χ1) is 53.7. The number of carbonyl (C=O) groups excluding carboxylic acids is 4. The van der Waals surface area contributed by atoms with Gasteiger partial charge in [0.25, 0.3) is 0 Å². The van der Waals surface area contributed by atoms with Crippen LogP contribution in [-0.2, 0) is 65.4 Å². The van der Waals surface area contributed by atoms with E-state index in [0.717, 1.165) is 225 Å². The summed E-state index contributed by atoms with van der Waals surface area (Å²) in [6.45, 7) is 4.34. The summed E-state index contributed by atoms with van der Waals surface area (Å²) < 4.78 is 68.7. The molecule has 0 aliphatic carbocycles. The lowest BCUT2D eigenvalue weighted by Crippen LogP contribution is -2.30. The van der Waals surface area contributed by atoms with Gasteiger partial charge in [0, 0.05) is 25.7 Å². The molecule has 5 atom stereocenters. The van der Waals surface area contributed by atoms with E-state index in [1.165, 1.54) is 0 Å². The Balaban J connectivity index is 5.46. The molecule has 0 saturated carbocycles. The highest BCUT2D eigenvalue weighted by Crippen LogP contribution is 2.45. The standard InChI is InChI=1S/C91H148O17P2/c1-5-9-13-17-21-25-29-33-37-40-42-45-49-52-56-60-64-68-72-76-89(94)102-82-87(108-91(96)78-74-70-66-62-58-54-50-46-43-41-38-34-30-26-22-18-14-10-6-2)84-106-110(99,100)104-80-85(92)79-103-109(97,98)105-83-86(107-90(95)77-73-69-65-61-57-53-47-36-32-28-24-20-16-12-8-4)81-101-88(93)75-71-67-63-59-55-51-48-44-39-35-31-27-23-19-15-11-7-3/h9-16,21-28,33-39,42-43,45-47,57,61,85-87,92H,5-8,17-20,29-32,40-41,44,48-56,58-60,62-84H2,1-4H3,(H,97,98)(H,99,100)/b13-9-,14-10-,15-11-,16-12-,25-21-,26-22-,27-23-,28-24-,37-33-,38-34-,39-35-,45-42-,46-43-,47-36-,61-57-.